The van der Waals surface area contributed by atoms with Gasteiger partial charge in [-0.05, 0) is 24.3 Å². The number of phenols is 1. The van der Waals surface area contributed by atoms with E-state index in [0.717, 1.165) is 0 Å². The highest BCUT2D eigenvalue weighted by Gasteiger charge is 2.01. The van der Waals surface area contributed by atoms with Gasteiger partial charge in [0.1, 0.15) is 17.2 Å². The van der Waals surface area contributed by atoms with Crippen molar-refractivity contribution in [2.75, 3.05) is 7.11 Å². The second-order valence-electron chi connectivity index (χ2n) is 3.24. The Morgan fingerprint density at radius 3 is 2.71 bits per heavy atom. The Hall–Kier alpha value is -2.43. The summed E-state index contributed by atoms with van der Waals surface area (Å²) in [5.41, 5.74) is 0.372. The van der Waals surface area contributed by atoms with Gasteiger partial charge in [0, 0.05) is 12.3 Å². The quantitative estimate of drug-likeness (QED) is 0.821. The van der Waals surface area contributed by atoms with Crippen molar-refractivity contribution in [3.63, 3.8) is 0 Å². The highest BCUT2D eigenvalue weighted by Crippen LogP contribution is 2.31. The zero-order valence-corrected chi connectivity index (χ0v) is 9.24. The van der Waals surface area contributed by atoms with Crippen molar-refractivity contribution in [2.45, 2.75) is 0 Å². The van der Waals surface area contributed by atoms with E-state index in [1.165, 1.54) is 13.2 Å². The molecule has 86 valence electrons. The molecule has 1 N–H and O–H groups in total. The van der Waals surface area contributed by atoms with Crippen molar-refractivity contribution >= 4 is 11.5 Å². The number of aromatic nitrogens is 1. The summed E-state index contributed by atoms with van der Waals surface area (Å²) in [6, 6.07) is 10.1. The van der Waals surface area contributed by atoms with Gasteiger partial charge < -0.3 is 9.84 Å². The summed E-state index contributed by atoms with van der Waals surface area (Å²) in [5, 5.41) is 17.5. The van der Waals surface area contributed by atoms with E-state index in [4.69, 9.17) is 4.74 Å². The zero-order valence-electron chi connectivity index (χ0n) is 9.24. The number of ether oxygens (including phenoxy) is 1. The van der Waals surface area contributed by atoms with Crippen LogP contribution >= 0.6 is 0 Å². The first kappa shape index (κ1) is 11.1. The predicted molar refractivity (Wildman–Crippen MR) is 63.1 cm³/mol. The molecular formula is C12H11N3O2. The average molecular weight is 229 g/mol. The maximum atomic E-state index is 9.65. The van der Waals surface area contributed by atoms with Crippen LogP contribution in [0.2, 0.25) is 0 Å². The van der Waals surface area contributed by atoms with E-state index in [-0.39, 0.29) is 5.75 Å². The molecule has 0 saturated heterocycles. The SMILES string of the molecule is COc1ccc(N=Nc2ccccn2)c(O)c1. The fourth-order valence-corrected chi connectivity index (χ4v) is 1.23. The van der Waals surface area contributed by atoms with Crippen LogP contribution in [0.5, 0.6) is 11.5 Å². The molecule has 0 fully saturated rings. The lowest BCUT2D eigenvalue weighted by Gasteiger charge is -2.01. The first-order chi connectivity index (χ1) is 8.29. The lowest BCUT2D eigenvalue weighted by atomic mass is 10.3. The number of hydrogen-bond donors (Lipinski definition) is 1. The Balaban J connectivity index is 2.22. The molecular weight excluding hydrogens is 218 g/mol. The fraction of sp³-hybridized carbons (Fsp3) is 0.0833. The van der Waals surface area contributed by atoms with Gasteiger partial charge in [0.05, 0.1) is 7.11 Å². The molecule has 0 amide bonds. The third kappa shape index (κ3) is 2.78. The van der Waals surface area contributed by atoms with E-state index in [9.17, 15) is 5.11 Å². The molecule has 5 nitrogen and oxygen atoms in total. The molecule has 0 atom stereocenters. The lowest BCUT2D eigenvalue weighted by Crippen LogP contribution is -1.80. The van der Waals surface area contributed by atoms with Crippen molar-refractivity contribution < 1.29 is 9.84 Å². The number of hydrogen-bond acceptors (Lipinski definition) is 5. The van der Waals surface area contributed by atoms with Crippen LogP contribution in [0.15, 0.2) is 52.8 Å². The van der Waals surface area contributed by atoms with Crippen molar-refractivity contribution in [3.8, 4) is 11.5 Å². The minimum absolute atomic E-state index is 0.0176. The summed E-state index contributed by atoms with van der Waals surface area (Å²) in [4.78, 5) is 3.99. The van der Waals surface area contributed by atoms with Gasteiger partial charge in [-0.3, -0.25) is 0 Å². The average Bonchev–Trinajstić information content (AvgIpc) is 2.38. The van der Waals surface area contributed by atoms with Crippen LogP contribution in [0.3, 0.4) is 0 Å². The van der Waals surface area contributed by atoms with Gasteiger partial charge >= 0.3 is 0 Å². The Bertz CT molecular complexity index is 527. The molecule has 0 aliphatic heterocycles. The lowest BCUT2D eigenvalue weighted by molar-refractivity contribution is 0.408. The van der Waals surface area contributed by atoms with Gasteiger partial charge in [-0.1, -0.05) is 6.07 Å². The van der Waals surface area contributed by atoms with Crippen LogP contribution in [-0.2, 0) is 0 Å². The third-order valence-electron chi connectivity index (χ3n) is 2.09. The van der Waals surface area contributed by atoms with Crippen LogP contribution in [-0.4, -0.2) is 17.2 Å². The van der Waals surface area contributed by atoms with Crippen LogP contribution in [0.4, 0.5) is 11.5 Å². The number of nitrogens with zero attached hydrogens (tertiary/aromatic N) is 3. The number of phenolic OH excluding ortho intramolecular Hbond substituents is 1. The van der Waals surface area contributed by atoms with Crippen molar-refractivity contribution in [1.82, 2.24) is 4.98 Å². The molecule has 0 unspecified atom stereocenters. The molecule has 0 bridgehead atoms. The Kier molecular flexibility index (Phi) is 3.30. The monoisotopic (exact) mass is 229 g/mol. The van der Waals surface area contributed by atoms with E-state index in [0.29, 0.717) is 17.3 Å². The zero-order chi connectivity index (χ0) is 12.1. The minimum atomic E-state index is 0.0176. The summed E-state index contributed by atoms with van der Waals surface area (Å²) < 4.78 is 4.97. The summed E-state index contributed by atoms with van der Waals surface area (Å²) in [6.07, 6.45) is 1.63. The Morgan fingerprint density at radius 1 is 1.18 bits per heavy atom. The number of azo groups is 1. The van der Waals surface area contributed by atoms with Gasteiger partial charge in [0.15, 0.2) is 5.82 Å². The molecule has 2 aromatic rings. The Morgan fingerprint density at radius 2 is 2.06 bits per heavy atom. The van der Waals surface area contributed by atoms with E-state index >= 15 is 0 Å². The second-order valence-corrected chi connectivity index (χ2v) is 3.24. The molecule has 1 aromatic carbocycles. The van der Waals surface area contributed by atoms with Crippen molar-refractivity contribution in [1.29, 1.82) is 0 Å². The molecule has 0 aliphatic rings. The highest BCUT2D eigenvalue weighted by atomic mass is 16.5. The molecule has 0 spiro atoms. The molecule has 1 aromatic heterocycles. The van der Waals surface area contributed by atoms with E-state index in [2.05, 4.69) is 15.2 Å². The molecule has 0 aliphatic carbocycles. The maximum Gasteiger partial charge on any atom is 0.174 e. The van der Waals surface area contributed by atoms with Gasteiger partial charge in [-0.2, -0.15) is 0 Å². The topological polar surface area (TPSA) is 67.1 Å². The Labute approximate surface area is 98.4 Å². The van der Waals surface area contributed by atoms with Crippen molar-refractivity contribution in [3.05, 3.63) is 42.6 Å². The maximum absolute atomic E-state index is 9.65. The molecule has 2 rings (SSSR count). The van der Waals surface area contributed by atoms with E-state index in [1.54, 1.807) is 30.5 Å². The van der Waals surface area contributed by atoms with E-state index < -0.39 is 0 Å². The summed E-state index contributed by atoms with van der Waals surface area (Å²) in [5.74, 6) is 1.08. The second kappa shape index (κ2) is 5.07. The van der Waals surface area contributed by atoms with Crippen LogP contribution in [0, 0.1) is 0 Å². The molecule has 0 radical (unpaired) electrons. The minimum Gasteiger partial charge on any atom is -0.505 e. The first-order valence-electron chi connectivity index (χ1n) is 4.99. The van der Waals surface area contributed by atoms with Gasteiger partial charge in [0.25, 0.3) is 0 Å². The third-order valence-corrected chi connectivity index (χ3v) is 2.09. The summed E-state index contributed by atoms with van der Waals surface area (Å²) in [6.45, 7) is 0. The van der Waals surface area contributed by atoms with Gasteiger partial charge in [-0.15, -0.1) is 10.2 Å². The normalized spacial score (nSPS) is 10.6. The summed E-state index contributed by atoms with van der Waals surface area (Å²) >= 11 is 0. The summed E-state index contributed by atoms with van der Waals surface area (Å²) in [7, 11) is 1.53. The smallest absolute Gasteiger partial charge is 0.174 e. The number of rotatable bonds is 3. The standard InChI is InChI=1S/C12H11N3O2/c1-17-9-5-6-10(11(16)8-9)14-15-12-4-2-3-7-13-12/h2-8,16H,1H3. The molecule has 1 heterocycles. The molecule has 17 heavy (non-hydrogen) atoms. The van der Waals surface area contributed by atoms with Crippen LogP contribution < -0.4 is 4.74 Å². The first-order valence-corrected chi connectivity index (χ1v) is 4.99. The van der Waals surface area contributed by atoms with Crippen LogP contribution in [0.1, 0.15) is 0 Å². The van der Waals surface area contributed by atoms with E-state index in [1.807, 2.05) is 6.07 Å². The number of benzene rings is 1. The molecule has 0 saturated carbocycles. The fourth-order valence-electron chi connectivity index (χ4n) is 1.23. The molecule has 5 heteroatoms. The van der Waals surface area contributed by atoms with Gasteiger partial charge in [-0.25, -0.2) is 4.98 Å². The number of aromatic hydroxyl groups is 1. The number of pyridine rings is 1. The predicted octanol–water partition coefficient (Wildman–Crippen LogP) is 3.21. The highest BCUT2D eigenvalue weighted by molar-refractivity contribution is 5.53. The van der Waals surface area contributed by atoms with Gasteiger partial charge in [0.2, 0.25) is 0 Å². The van der Waals surface area contributed by atoms with Crippen LogP contribution in [0.25, 0.3) is 0 Å². The largest absolute Gasteiger partial charge is 0.505 e. The number of methoxy groups -OCH3 is 1. The van der Waals surface area contributed by atoms with Crippen molar-refractivity contribution in [2.24, 2.45) is 10.2 Å².